The van der Waals surface area contributed by atoms with Crippen LogP contribution in [0.1, 0.15) is 25.7 Å². The van der Waals surface area contributed by atoms with Gasteiger partial charge in [-0.3, -0.25) is 9.59 Å². The van der Waals surface area contributed by atoms with Gasteiger partial charge in [0.1, 0.15) is 21.5 Å². The maximum Gasteiger partial charge on any atom is 0.275 e. The number of nitrogens with one attached hydrogen (secondary N) is 1. The van der Waals surface area contributed by atoms with E-state index in [4.69, 9.17) is 10.5 Å². The van der Waals surface area contributed by atoms with Gasteiger partial charge >= 0.3 is 0 Å². The number of anilines is 1. The molecule has 8 heteroatoms. The number of amides is 2. The van der Waals surface area contributed by atoms with E-state index in [1.165, 1.54) is 22.7 Å². The smallest absolute Gasteiger partial charge is 0.275 e. The lowest BCUT2D eigenvalue weighted by atomic mass is 10.0. The summed E-state index contributed by atoms with van der Waals surface area (Å²) in [5.74, 6) is -0.312. The van der Waals surface area contributed by atoms with Gasteiger partial charge in [-0.1, -0.05) is 42.5 Å². The number of hydrogen-bond donors (Lipinski definition) is 2. The van der Waals surface area contributed by atoms with Gasteiger partial charge in [0.15, 0.2) is 0 Å². The Morgan fingerprint density at radius 3 is 2.48 bits per heavy atom. The number of nitrogens with two attached hydrogens (primary N) is 1. The van der Waals surface area contributed by atoms with Gasteiger partial charge in [0, 0.05) is 15.8 Å². The molecule has 0 radical (unpaired) electrons. The predicted molar refractivity (Wildman–Crippen MR) is 125 cm³/mol. The van der Waals surface area contributed by atoms with E-state index in [2.05, 4.69) is 10.3 Å². The summed E-state index contributed by atoms with van der Waals surface area (Å²) in [5, 5.41) is 5.59. The van der Waals surface area contributed by atoms with E-state index < -0.39 is 11.8 Å². The molecule has 4 aromatic rings. The summed E-state index contributed by atoms with van der Waals surface area (Å²) in [6, 6.07) is 17.0. The predicted octanol–water partition coefficient (Wildman–Crippen LogP) is 5.21. The van der Waals surface area contributed by atoms with Crippen LogP contribution in [-0.2, 0) is 0 Å². The zero-order chi connectivity index (χ0) is 22.0. The summed E-state index contributed by atoms with van der Waals surface area (Å²) in [7, 11) is 1.59. The number of carbonyl (C=O) groups is 2. The van der Waals surface area contributed by atoms with Crippen LogP contribution in [0.15, 0.2) is 60.0 Å². The van der Waals surface area contributed by atoms with E-state index in [0.29, 0.717) is 21.3 Å². The lowest BCUT2D eigenvalue weighted by Crippen LogP contribution is -2.17. The molecule has 0 aliphatic carbocycles. The minimum Gasteiger partial charge on any atom is -0.496 e. The number of hydrogen-bond acceptors (Lipinski definition) is 6. The molecule has 0 unspecified atom stereocenters. The van der Waals surface area contributed by atoms with Crippen LogP contribution in [0.25, 0.3) is 21.7 Å². The molecule has 3 N–H and O–H groups in total. The third kappa shape index (κ3) is 4.08. The first-order valence-electron chi connectivity index (χ1n) is 9.38. The number of thiophene rings is 1. The lowest BCUT2D eigenvalue weighted by Gasteiger charge is -2.06. The van der Waals surface area contributed by atoms with Crippen molar-refractivity contribution in [1.29, 1.82) is 0 Å². The van der Waals surface area contributed by atoms with Crippen molar-refractivity contribution in [2.24, 2.45) is 5.73 Å². The highest BCUT2D eigenvalue weighted by Gasteiger charge is 2.24. The Kier molecular flexibility index (Phi) is 5.83. The normalized spacial score (nSPS) is 10.6. The first-order chi connectivity index (χ1) is 15.0. The molecule has 2 aromatic carbocycles. The fourth-order valence-corrected chi connectivity index (χ4v) is 5.22. The molecule has 0 fully saturated rings. The lowest BCUT2D eigenvalue weighted by molar-refractivity contribution is 0.100. The van der Waals surface area contributed by atoms with Crippen LogP contribution < -0.4 is 15.8 Å². The van der Waals surface area contributed by atoms with Crippen molar-refractivity contribution >= 4 is 39.5 Å². The summed E-state index contributed by atoms with van der Waals surface area (Å²) in [4.78, 5) is 30.5. The number of ether oxygens (including phenoxy) is 1. The fraction of sp³-hybridized carbons (Fsp3) is 0.0870. The second-order valence-electron chi connectivity index (χ2n) is 6.66. The number of nitrogens with zero attached hydrogens (tertiary/aromatic N) is 1. The molecule has 0 aliphatic rings. The number of para-hydroxylation sites is 1. The third-order valence-electron chi connectivity index (χ3n) is 4.69. The molecule has 0 bridgehead atoms. The van der Waals surface area contributed by atoms with E-state index in [-0.39, 0.29) is 5.69 Å². The summed E-state index contributed by atoms with van der Waals surface area (Å²) in [5.41, 5.74) is 8.67. The molecule has 2 aromatic heterocycles. The molecular formula is C23H19N3O3S2. The van der Waals surface area contributed by atoms with Crippen molar-refractivity contribution in [2.45, 2.75) is 6.92 Å². The molecule has 0 aliphatic heterocycles. The summed E-state index contributed by atoms with van der Waals surface area (Å²) in [6.07, 6.45) is 0. The van der Waals surface area contributed by atoms with Crippen LogP contribution in [-0.4, -0.2) is 23.9 Å². The van der Waals surface area contributed by atoms with Crippen molar-refractivity contribution in [3.05, 3.63) is 76.1 Å². The minimum atomic E-state index is -0.591. The van der Waals surface area contributed by atoms with Gasteiger partial charge in [-0.25, -0.2) is 4.98 Å². The van der Waals surface area contributed by atoms with E-state index in [1.54, 1.807) is 12.5 Å². The Balaban J connectivity index is 1.66. The molecule has 2 heterocycles. The number of carbonyl (C=O) groups excluding carboxylic acids is 2. The van der Waals surface area contributed by atoms with Gasteiger partial charge in [-0.2, -0.15) is 0 Å². The highest BCUT2D eigenvalue weighted by atomic mass is 32.1. The Bertz CT molecular complexity index is 1260. The van der Waals surface area contributed by atoms with Crippen LogP contribution in [0.4, 0.5) is 5.00 Å². The van der Waals surface area contributed by atoms with Crippen molar-refractivity contribution < 1.29 is 14.3 Å². The first kappa shape index (κ1) is 20.8. The molecule has 2 amide bonds. The van der Waals surface area contributed by atoms with Gasteiger partial charge < -0.3 is 15.8 Å². The van der Waals surface area contributed by atoms with Gasteiger partial charge in [-0.15, -0.1) is 22.7 Å². The van der Waals surface area contributed by atoms with Gasteiger partial charge in [0.05, 0.1) is 18.2 Å². The number of aromatic nitrogens is 1. The SMILES string of the molecule is COc1ccccc1-c1nc(C(=O)Nc2sc(C)c(-c3ccccc3)c2C(N)=O)cs1. The third-order valence-corrected chi connectivity index (χ3v) is 6.59. The molecule has 4 rings (SSSR count). The van der Waals surface area contributed by atoms with Crippen LogP contribution in [0, 0.1) is 6.92 Å². The largest absolute Gasteiger partial charge is 0.496 e. The van der Waals surface area contributed by atoms with Crippen molar-refractivity contribution in [3.8, 4) is 27.4 Å². The van der Waals surface area contributed by atoms with Crippen molar-refractivity contribution in [3.63, 3.8) is 0 Å². The number of aryl methyl sites for hydroxylation is 1. The molecule has 0 spiro atoms. The number of thiazole rings is 1. The second kappa shape index (κ2) is 8.71. The molecule has 0 saturated heterocycles. The van der Waals surface area contributed by atoms with Crippen molar-refractivity contribution in [1.82, 2.24) is 4.98 Å². The fourth-order valence-electron chi connectivity index (χ4n) is 3.31. The highest BCUT2D eigenvalue weighted by molar-refractivity contribution is 7.17. The number of methoxy groups -OCH3 is 1. The maximum absolute atomic E-state index is 12.9. The Morgan fingerprint density at radius 2 is 1.77 bits per heavy atom. The first-order valence-corrected chi connectivity index (χ1v) is 11.1. The van der Waals surface area contributed by atoms with Gasteiger partial charge in [0.2, 0.25) is 0 Å². The molecular weight excluding hydrogens is 430 g/mol. The van der Waals surface area contributed by atoms with Gasteiger partial charge in [-0.05, 0) is 24.6 Å². The van der Waals surface area contributed by atoms with E-state index in [0.717, 1.165) is 21.6 Å². The Hall–Kier alpha value is -3.49. The van der Waals surface area contributed by atoms with E-state index in [1.807, 2.05) is 61.5 Å². The number of primary amides is 1. The van der Waals surface area contributed by atoms with E-state index in [9.17, 15) is 9.59 Å². The second-order valence-corrected chi connectivity index (χ2v) is 8.74. The molecule has 6 nitrogen and oxygen atoms in total. The zero-order valence-electron chi connectivity index (χ0n) is 16.8. The van der Waals surface area contributed by atoms with Crippen LogP contribution in [0.3, 0.4) is 0 Å². The summed E-state index contributed by atoms with van der Waals surface area (Å²) in [6.45, 7) is 1.90. The van der Waals surface area contributed by atoms with Crippen LogP contribution in [0.5, 0.6) is 5.75 Å². The standard InChI is InChI=1S/C23H19N3O3S2/c1-13-18(14-8-4-3-5-9-14)19(20(24)27)23(31-13)26-21(28)16-12-30-22(25-16)15-10-6-7-11-17(15)29-2/h3-12H,1-2H3,(H2,24,27)(H,26,28). The zero-order valence-corrected chi connectivity index (χ0v) is 18.5. The average molecular weight is 450 g/mol. The Labute approximate surface area is 187 Å². The maximum atomic E-state index is 12.9. The minimum absolute atomic E-state index is 0.258. The van der Waals surface area contributed by atoms with Crippen molar-refractivity contribution in [2.75, 3.05) is 12.4 Å². The number of benzene rings is 2. The monoisotopic (exact) mass is 449 g/mol. The van der Waals surface area contributed by atoms with Crippen LogP contribution >= 0.6 is 22.7 Å². The Morgan fingerprint density at radius 1 is 1.06 bits per heavy atom. The van der Waals surface area contributed by atoms with Gasteiger partial charge in [0.25, 0.3) is 11.8 Å². The highest BCUT2D eigenvalue weighted by Crippen LogP contribution is 2.40. The van der Waals surface area contributed by atoms with E-state index >= 15 is 0 Å². The molecule has 0 atom stereocenters. The topological polar surface area (TPSA) is 94.3 Å². The molecule has 0 saturated carbocycles. The molecule has 31 heavy (non-hydrogen) atoms. The van der Waals surface area contributed by atoms with Crippen LogP contribution in [0.2, 0.25) is 0 Å². The summed E-state index contributed by atoms with van der Waals surface area (Å²) < 4.78 is 5.38. The summed E-state index contributed by atoms with van der Waals surface area (Å²) >= 11 is 2.67. The molecule has 156 valence electrons. The quantitative estimate of drug-likeness (QED) is 0.423. The average Bonchev–Trinajstić information content (AvgIpc) is 3.39. The number of rotatable bonds is 6.